The van der Waals surface area contributed by atoms with Crippen molar-refractivity contribution in [2.45, 2.75) is 31.7 Å². The molecule has 0 spiro atoms. The number of nitrogens with zero attached hydrogens (tertiary/aromatic N) is 4. The van der Waals surface area contributed by atoms with E-state index in [-0.39, 0.29) is 30.1 Å². The Balaban J connectivity index is 1.37. The van der Waals surface area contributed by atoms with Crippen LogP contribution in [0.1, 0.15) is 42.9 Å². The zero-order valence-corrected chi connectivity index (χ0v) is 20.8. The molecule has 7 nitrogen and oxygen atoms in total. The van der Waals surface area contributed by atoms with Crippen LogP contribution < -0.4 is 0 Å². The third-order valence-corrected chi connectivity index (χ3v) is 7.49. The first-order chi connectivity index (χ1) is 18.0. The Bertz CT molecular complexity index is 1150. The molecule has 9 heteroatoms. The second kappa shape index (κ2) is 11.5. The first-order valence-electron chi connectivity index (χ1n) is 13.0. The molecule has 2 aliphatic heterocycles. The number of hydrogen-bond donors (Lipinski definition) is 0. The smallest absolute Gasteiger partial charge is 0.262 e. The number of carbonyl (C=O) groups excluding carboxylic acids is 2. The average molecular weight is 511 g/mol. The summed E-state index contributed by atoms with van der Waals surface area (Å²) in [6, 6.07) is 11.6. The maximum Gasteiger partial charge on any atom is 0.262 e. The third kappa shape index (κ3) is 5.88. The van der Waals surface area contributed by atoms with Gasteiger partial charge in [-0.15, -0.1) is 0 Å². The Morgan fingerprint density at radius 3 is 2.43 bits per heavy atom. The van der Waals surface area contributed by atoms with Crippen LogP contribution in [0, 0.1) is 17.6 Å². The minimum absolute atomic E-state index is 0.00256. The Hall–Kier alpha value is -3.17. The molecule has 2 aromatic carbocycles. The van der Waals surface area contributed by atoms with Gasteiger partial charge in [0.1, 0.15) is 18.2 Å². The Morgan fingerprint density at radius 2 is 1.76 bits per heavy atom. The summed E-state index contributed by atoms with van der Waals surface area (Å²) in [4.78, 5) is 30.8. The molecule has 2 fully saturated rings. The van der Waals surface area contributed by atoms with Crippen LogP contribution in [0.3, 0.4) is 0 Å². The van der Waals surface area contributed by atoms with Gasteiger partial charge in [0.15, 0.2) is 0 Å². The van der Waals surface area contributed by atoms with E-state index in [2.05, 4.69) is 10.0 Å². The fourth-order valence-electron chi connectivity index (χ4n) is 5.05. The van der Waals surface area contributed by atoms with Gasteiger partial charge in [-0.25, -0.2) is 13.8 Å². The SMILES string of the molecule is O=C(C1CCC1)N(CCN1CCOCC1)CC(=O)N1N=C(c2ccc(F)cc2)C[C@@H]1c1ccccc1F. The highest BCUT2D eigenvalue weighted by Crippen LogP contribution is 2.35. The Labute approximate surface area is 215 Å². The fourth-order valence-corrected chi connectivity index (χ4v) is 5.05. The van der Waals surface area contributed by atoms with Gasteiger partial charge in [0, 0.05) is 44.1 Å². The second-order valence-electron chi connectivity index (χ2n) is 9.87. The lowest BCUT2D eigenvalue weighted by atomic mass is 9.84. The molecule has 2 amide bonds. The van der Waals surface area contributed by atoms with Gasteiger partial charge in [-0.05, 0) is 36.6 Å². The van der Waals surface area contributed by atoms with Crippen molar-refractivity contribution >= 4 is 17.5 Å². The summed E-state index contributed by atoms with van der Waals surface area (Å²) in [6.07, 6.45) is 3.00. The van der Waals surface area contributed by atoms with E-state index < -0.39 is 11.9 Å². The van der Waals surface area contributed by atoms with Gasteiger partial charge < -0.3 is 9.64 Å². The highest BCUT2D eigenvalue weighted by atomic mass is 19.1. The van der Waals surface area contributed by atoms with Gasteiger partial charge in [-0.3, -0.25) is 14.5 Å². The molecule has 1 saturated heterocycles. The molecule has 1 atom stereocenters. The van der Waals surface area contributed by atoms with Gasteiger partial charge >= 0.3 is 0 Å². The van der Waals surface area contributed by atoms with E-state index in [0.717, 1.165) is 32.4 Å². The highest BCUT2D eigenvalue weighted by Gasteiger charge is 2.37. The molecule has 5 rings (SSSR count). The van der Waals surface area contributed by atoms with Gasteiger partial charge in [0.2, 0.25) is 5.91 Å². The van der Waals surface area contributed by atoms with Crippen molar-refractivity contribution < 1.29 is 23.1 Å². The number of morpholine rings is 1. The molecular formula is C28H32F2N4O3. The third-order valence-electron chi connectivity index (χ3n) is 7.49. The van der Waals surface area contributed by atoms with Crippen LogP contribution in [0.2, 0.25) is 0 Å². The van der Waals surface area contributed by atoms with E-state index in [4.69, 9.17) is 4.74 Å². The van der Waals surface area contributed by atoms with E-state index in [9.17, 15) is 18.4 Å². The topological polar surface area (TPSA) is 65.5 Å². The molecule has 1 saturated carbocycles. The molecule has 2 aromatic rings. The van der Waals surface area contributed by atoms with Gasteiger partial charge in [0.05, 0.1) is 25.0 Å². The molecule has 1 aliphatic carbocycles. The first kappa shape index (κ1) is 25.5. The van der Waals surface area contributed by atoms with Crippen molar-refractivity contribution in [3.63, 3.8) is 0 Å². The van der Waals surface area contributed by atoms with Gasteiger partial charge in [-0.1, -0.05) is 36.8 Å². The van der Waals surface area contributed by atoms with E-state index in [1.807, 2.05) is 0 Å². The lowest BCUT2D eigenvalue weighted by Gasteiger charge is -2.34. The first-order valence-corrected chi connectivity index (χ1v) is 13.0. The molecule has 37 heavy (non-hydrogen) atoms. The van der Waals surface area contributed by atoms with Gasteiger partial charge in [-0.2, -0.15) is 5.10 Å². The van der Waals surface area contributed by atoms with Crippen LogP contribution in [0.5, 0.6) is 0 Å². The van der Waals surface area contributed by atoms with Crippen molar-refractivity contribution in [1.29, 1.82) is 0 Å². The Morgan fingerprint density at radius 1 is 1.03 bits per heavy atom. The number of ether oxygens (including phenoxy) is 1. The predicted molar refractivity (Wildman–Crippen MR) is 135 cm³/mol. The van der Waals surface area contributed by atoms with E-state index in [1.54, 1.807) is 35.2 Å². The maximum atomic E-state index is 14.8. The monoisotopic (exact) mass is 510 g/mol. The zero-order valence-electron chi connectivity index (χ0n) is 20.8. The van der Waals surface area contributed by atoms with Crippen molar-refractivity contribution in [3.8, 4) is 0 Å². The van der Waals surface area contributed by atoms with Crippen molar-refractivity contribution in [2.75, 3.05) is 45.9 Å². The van der Waals surface area contributed by atoms with Crippen LogP contribution in [-0.4, -0.2) is 78.3 Å². The summed E-state index contributed by atoms with van der Waals surface area (Å²) in [5.74, 6) is -1.20. The maximum absolute atomic E-state index is 14.8. The summed E-state index contributed by atoms with van der Waals surface area (Å²) in [5.41, 5.74) is 1.61. The van der Waals surface area contributed by atoms with Gasteiger partial charge in [0.25, 0.3) is 5.91 Å². The zero-order chi connectivity index (χ0) is 25.8. The lowest BCUT2D eigenvalue weighted by molar-refractivity contribution is -0.145. The molecule has 0 N–H and O–H groups in total. The minimum atomic E-state index is -0.645. The molecule has 0 bridgehead atoms. The number of rotatable bonds is 8. The molecule has 196 valence electrons. The fraction of sp³-hybridized carbons (Fsp3) is 0.464. The molecule has 0 radical (unpaired) electrons. The predicted octanol–water partition coefficient (Wildman–Crippen LogP) is 3.60. The standard InChI is InChI=1S/C28H32F2N4O3/c29-22-10-8-20(9-11-22)25-18-26(23-6-1-2-7-24(23)30)34(31-25)27(35)19-33(28(36)21-4-3-5-21)13-12-32-14-16-37-17-15-32/h1-2,6-11,21,26H,3-5,12-19H2/t26-/m1/s1. The quantitative estimate of drug-likeness (QED) is 0.545. The summed E-state index contributed by atoms with van der Waals surface area (Å²) < 4.78 is 33.7. The number of halogens is 2. The van der Waals surface area contributed by atoms with Crippen LogP contribution >= 0.6 is 0 Å². The Kier molecular flexibility index (Phi) is 7.90. The van der Waals surface area contributed by atoms with Crippen molar-refractivity contribution in [3.05, 3.63) is 71.3 Å². The summed E-state index contributed by atoms with van der Waals surface area (Å²) >= 11 is 0. The van der Waals surface area contributed by atoms with Crippen LogP contribution in [-0.2, 0) is 14.3 Å². The second-order valence-corrected chi connectivity index (χ2v) is 9.87. The lowest BCUT2D eigenvalue weighted by Crippen LogP contribution is -2.49. The molecule has 0 unspecified atom stereocenters. The highest BCUT2D eigenvalue weighted by molar-refractivity contribution is 6.03. The van der Waals surface area contributed by atoms with E-state index in [0.29, 0.717) is 49.6 Å². The normalized spacial score (nSPS) is 20.4. The number of amides is 2. The molecule has 3 aliphatic rings. The number of carbonyl (C=O) groups is 2. The van der Waals surface area contributed by atoms with Crippen molar-refractivity contribution in [2.24, 2.45) is 11.0 Å². The summed E-state index contributed by atoms with van der Waals surface area (Å²) in [5, 5.41) is 5.89. The largest absolute Gasteiger partial charge is 0.379 e. The van der Waals surface area contributed by atoms with Crippen LogP contribution in [0.15, 0.2) is 53.6 Å². The van der Waals surface area contributed by atoms with Crippen LogP contribution in [0.25, 0.3) is 0 Å². The minimum Gasteiger partial charge on any atom is -0.379 e. The van der Waals surface area contributed by atoms with Crippen LogP contribution in [0.4, 0.5) is 8.78 Å². The number of benzene rings is 2. The molecular weight excluding hydrogens is 478 g/mol. The summed E-state index contributed by atoms with van der Waals surface area (Å²) in [7, 11) is 0. The average Bonchev–Trinajstić information content (AvgIpc) is 3.32. The summed E-state index contributed by atoms with van der Waals surface area (Å²) in [6.45, 7) is 3.90. The number of hydrazone groups is 1. The number of hydrogen-bond acceptors (Lipinski definition) is 5. The van der Waals surface area contributed by atoms with E-state index >= 15 is 0 Å². The van der Waals surface area contributed by atoms with Crippen molar-refractivity contribution in [1.82, 2.24) is 14.8 Å². The van der Waals surface area contributed by atoms with E-state index in [1.165, 1.54) is 23.2 Å². The molecule has 0 aromatic heterocycles. The molecule has 2 heterocycles.